The fourth-order valence-corrected chi connectivity index (χ4v) is 2.18. The molecule has 16 heavy (non-hydrogen) atoms. The zero-order valence-corrected chi connectivity index (χ0v) is 10.4. The summed E-state index contributed by atoms with van der Waals surface area (Å²) in [5, 5.41) is 1.77. The molecule has 0 heterocycles. The van der Waals surface area contributed by atoms with Gasteiger partial charge in [0, 0.05) is 31.9 Å². The summed E-state index contributed by atoms with van der Waals surface area (Å²) in [6.07, 6.45) is 0. The number of hydrogen-bond donors (Lipinski definition) is 1. The van der Waals surface area contributed by atoms with E-state index in [1.807, 2.05) is 12.1 Å². The first-order valence-corrected chi connectivity index (χ1v) is 5.72. The van der Waals surface area contributed by atoms with Crippen LogP contribution in [0, 0.1) is 0 Å². The van der Waals surface area contributed by atoms with Crippen LogP contribution in [0.5, 0.6) is 0 Å². The van der Waals surface area contributed by atoms with E-state index in [9.17, 15) is 0 Å². The lowest BCUT2D eigenvalue weighted by atomic mass is 10.0. The summed E-state index contributed by atoms with van der Waals surface area (Å²) in [6, 6.07) is 10.6. The zero-order chi connectivity index (χ0) is 11.7. The summed E-state index contributed by atoms with van der Waals surface area (Å²) in [5.74, 6) is 0. The van der Waals surface area contributed by atoms with Gasteiger partial charge in [0.2, 0.25) is 0 Å². The van der Waals surface area contributed by atoms with Crippen LogP contribution in [0.3, 0.4) is 0 Å². The van der Waals surface area contributed by atoms with Gasteiger partial charge in [-0.25, -0.2) is 0 Å². The van der Waals surface area contributed by atoms with E-state index in [1.165, 1.54) is 0 Å². The quantitative estimate of drug-likeness (QED) is 0.734. The topological polar surface area (TPSA) is 26.0 Å². The molecule has 0 saturated carbocycles. The third kappa shape index (κ3) is 2.27. The molecule has 1 nitrogen and oxygen atoms in total. The summed E-state index contributed by atoms with van der Waals surface area (Å²) in [4.78, 5) is 0. The molecular formula is C12H8Cl3N. The first-order chi connectivity index (χ1) is 7.58. The molecule has 2 aromatic carbocycles. The monoisotopic (exact) mass is 271 g/mol. The number of nitrogen functional groups attached to an aromatic ring is 1. The number of halogens is 3. The zero-order valence-electron chi connectivity index (χ0n) is 8.18. The highest BCUT2D eigenvalue weighted by molar-refractivity contribution is 6.36. The van der Waals surface area contributed by atoms with Crippen LogP contribution in [0.15, 0.2) is 36.4 Å². The first-order valence-electron chi connectivity index (χ1n) is 4.58. The van der Waals surface area contributed by atoms with Crippen molar-refractivity contribution in [3.63, 3.8) is 0 Å². The predicted molar refractivity (Wildman–Crippen MR) is 71.3 cm³/mol. The number of hydrogen-bond acceptors (Lipinski definition) is 1. The maximum atomic E-state index is 6.10. The maximum Gasteiger partial charge on any atom is 0.0499 e. The molecule has 0 aromatic heterocycles. The molecule has 0 spiro atoms. The van der Waals surface area contributed by atoms with Gasteiger partial charge in [0.15, 0.2) is 0 Å². The second kappa shape index (κ2) is 4.54. The molecule has 0 aliphatic carbocycles. The van der Waals surface area contributed by atoms with Crippen LogP contribution in [0.25, 0.3) is 11.1 Å². The Morgan fingerprint density at radius 3 is 1.88 bits per heavy atom. The molecule has 0 saturated heterocycles. The molecule has 0 fully saturated rings. The Balaban J connectivity index is 2.59. The summed E-state index contributed by atoms with van der Waals surface area (Å²) in [5.41, 5.74) is 8.18. The van der Waals surface area contributed by atoms with Gasteiger partial charge in [-0.2, -0.15) is 0 Å². The van der Waals surface area contributed by atoms with E-state index in [0.29, 0.717) is 20.8 Å². The van der Waals surface area contributed by atoms with E-state index in [4.69, 9.17) is 40.5 Å². The Bertz CT molecular complexity index is 488. The Hall–Kier alpha value is -0.890. The van der Waals surface area contributed by atoms with Crippen molar-refractivity contribution in [2.45, 2.75) is 0 Å². The summed E-state index contributed by atoms with van der Waals surface area (Å²) < 4.78 is 0. The van der Waals surface area contributed by atoms with Crippen LogP contribution in [0.4, 0.5) is 5.69 Å². The van der Waals surface area contributed by atoms with Gasteiger partial charge in [-0.3, -0.25) is 0 Å². The van der Waals surface area contributed by atoms with Crippen molar-refractivity contribution in [2.24, 2.45) is 0 Å². The summed E-state index contributed by atoms with van der Waals surface area (Å²) >= 11 is 17.8. The molecule has 4 heteroatoms. The van der Waals surface area contributed by atoms with E-state index >= 15 is 0 Å². The van der Waals surface area contributed by atoms with E-state index in [1.54, 1.807) is 24.3 Å². The van der Waals surface area contributed by atoms with Crippen molar-refractivity contribution in [2.75, 3.05) is 5.73 Å². The van der Waals surface area contributed by atoms with E-state index in [2.05, 4.69) is 0 Å². The molecule has 2 N–H and O–H groups in total. The second-order valence-corrected chi connectivity index (χ2v) is 4.64. The summed E-state index contributed by atoms with van der Waals surface area (Å²) in [7, 11) is 0. The van der Waals surface area contributed by atoms with Crippen LogP contribution in [-0.4, -0.2) is 0 Å². The molecule has 2 rings (SSSR count). The van der Waals surface area contributed by atoms with Crippen molar-refractivity contribution in [3.05, 3.63) is 51.5 Å². The van der Waals surface area contributed by atoms with Gasteiger partial charge < -0.3 is 5.73 Å². The second-order valence-electron chi connectivity index (χ2n) is 3.36. The Kier molecular flexibility index (Phi) is 3.29. The van der Waals surface area contributed by atoms with Crippen LogP contribution in [0.2, 0.25) is 15.1 Å². The van der Waals surface area contributed by atoms with Crippen molar-refractivity contribution in [3.8, 4) is 11.1 Å². The lowest BCUT2D eigenvalue weighted by Crippen LogP contribution is -1.90. The smallest absolute Gasteiger partial charge is 0.0499 e. The lowest BCUT2D eigenvalue weighted by Gasteiger charge is -2.08. The van der Waals surface area contributed by atoms with Gasteiger partial charge in [0.25, 0.3) is 0 Å². The number of anilines is 1. The maximum absolute atomic E-state index is 6.10. The van der Waals surface area contributed by atoms with Crippen LogP contribution in [-0.2, 0) is 0 Å². The van der Waals surface area contributed by atoms with Crippen molar-refractivity contribution in [1.29, 1.82) is 0 Å². The molecule has 82 valence electrons. The van der Waals surface area contributed by atoms with E-state index < -0.39 is 0 Å². The fourth-order valence-electron chi connectivity index (χ4n) is 1.49. The van der Waals surface area contributed by atoms with Gasteiger partial charge >= 0.3 is 0 Å². The molecule has 0 atom stereocenters. The van der Waals surface area contributed by atoms with E-state index in [0.717, 1.165) is 11.1 Å². The third-order valence-corrected chi connectivity index (χ3v) is 3.02. The first kappa shape index (κ1) is 11.6. The Labute approximate surface area is 109 Å². The minimum atomic E-state index is 0.571. The largest absolute Gasteiger partial charge is 0.398 e. The fraction of sp³-hybridized carbons (Fsp3) is 0. The molecule has 0 aliphatic rings. The van der Waals surface area contributed by atoms with Crippen molar-refractivity contribution < 1.29 is 0 Å². The Morgan fingerprint density at radius 1 is 0.750 bits per heavy atom. The highest BCUT2D eigenvalue weighted by Gasteiger charge is 2.07. The van der Waals surface area contributed by atoms with Gasteiger partial charge in [-0.15, -0.1) is 0 Å². The van der Waals surface area contributed by atoms with Gasteiger partial charge in [0.1, 0.15) is 0 Å². The Morgan fingerprint density at radius 2 is 1.31 bits per heavy atom. The summed E-state index contributed by atoms with van der Waals surface area (Å²) in [6.45, 7) is 0. The predicted octanol–water partition coefficient (Wildman–Crippen LogP) is 4.90. The van der Waals surface area contributed by atoms with Crippen molar-refractivity contribution in [1.82, 2.24) is 0 Å². The van der Waals surface area contributed by atoms with Gasteiger partial charge in [-0.05, 0) is 24.3 Å². The minimum Gasteiger partial charge on any atom is -0.398 e. The van der Waals surface area contributed by atoms with Crippen LogP contribution in [0.1, 0.15) is 0 Å². The number of benzene rings is 2. The van der Waals surface area contributed by atoms with Crippen LogP contribution >= 0.6 is 34.8 Å². The average Bonchev–Trinajstić information content (AvgIpc) is 2.19. The van der Waals surface area contributed by atoms with Crippen LogP contribution < -0.4 is 5.73 Å². The molecule has 0 radical (unpaired) electrons. The van der Waals surface area contributed by atoms with E-state index in [-0.39, 0.29) is 0 Å². The number of rotatable bonds is 1. The molecule has 0 aliphatic heterocycles. The highest BCUT2D eigenvalue weighted by Crippen LogP contribution is 2.34. The van der Waals surface area contributed by atoms with Crippen molar-refractivity contribution >= 4 is 40.5 Å². The molecular weight excluding hydrogens is 264 g/mol. The molecule has 2 aromatic rings. The normalized spacial score (nSPS) is 10.4. The minimum absolute atomic E-state index is 0.571. The standard InChI is InChI=1S/C12H8Cl3N/c13-7-1-3-9(11(15)5-7)10-4-2-8(14)6-12(10)16/h1-6H,16H2. The highest BCUT2D eigenvalue weighted by atomic mass is 35.5. The third-order valence-electron chi connectivity index (χ3n) is 2.23. The average molecular weight is 273 g/mol. The molecule has 0 amide bonds. The molecule has 0 unspecified atom stereocenters. The van der Waals surface area contributed by atoms with Gasteiger partial charge in [-0.1, -0.05) is 46.9 Å². The van der Waals surface area contributed by atoms with Gasteiger partial charge in [0.05, 0.1) is 0 Å². The SMILES string of the molecule is Nc1cc(Cl)ccc1-c1ccc(Cl)cc1Cl. The lowest BCUT2D eigenvalue weighted by molar-refractivity contribution is 1.61. The molecule has 0 bridgehead atoms. The number of nitrogens with two attached hydrogens (primary N) is 1.